The Morgan fingerprint density at radius 1 is 1.24 bits per heavy atom. The number of ether oxygens (including phenoxy) is 1. The first-order valence-corrected chi connectivity index (χ1v) is 7.30. The second-order valence-electron chi connectivity index (χ2n) is 5.65. The highest BCUT2D eigenvalue weighted by atomic mass is 16.5. The molecule has 0 saturated carbocycles. The van der Waals surface area contributed by atoms with Crippen LogP contribution in [0.5, 0.6) is 5.75 Å². The minimum atomic E-state index is -0.839. The summed E-state index contributed by atoms with van der Waals surface area (Å²) in [5.74, 6) is 6.52. The second-order valence-corrected chi connectivity index (χ2v) is 5.65. The van der Waals surface area contributed by atoms with E-state index >= 15 is 0 Å². The SMILES string of the molecule is CC#CC(CC(=O)O)c1ccc(OC[C@@H](C)C(C)C)cc1. The molecule has 3 heteroatoms. The van der Waals surface area contributed by atoms with Gasteiger partial charge in [0.15, 0.2) is 0 Å². The fourth-order valence-electron chi connectivity index (χ4n) is 1.82. The van der Waals surface area contributed by atoms with Gasteiger partial charge in [0.2, 0.25) is 0 Å². The normalized spacial score (nSPS) is 13.2. The van der Waals surface area contributed by atoms with Crippen molar-refractivity contribution < 1.29 is 14.6 Å². The zero-order valence-corrected chi connectivity index (χ0v) is 13.2. The lowest BCUT2D eigenvalue weighted by Gasteiger charge is -2.16. The molecule has 0 aliphatic heterocycles. The molecule has 0 radical (unpaired) electrons. The van der Waals surface area contributed by atoms with Crippen molar-refractivity contribution >= 4 is 5.97 Å². The first-order chi connectivity index (χ1) is 9.93. The number of rotatable bonds is 7. The van der Waals surface area contributed by atoms with Gasteiger partial charge in [0.25, 0.3) is 0 Å². The molecule has 0 fully saturated rings. The molecule has 114 valence electrons. The third-order valence-corrected chi connectivity index (χ3v) is 3.63. The molecule has 0 aliphatic carbocycles. The summed E-state index contributed by atoms with van der Waals surface area (Å²) in [5, 5.41) is 8.93. The van der Waals surface area contributed by atoms with E-state index < -0.39 is 5.97 Å². The van der Waals surface area contributed by atoms with Crippen molar-refractivity contribution in [1.82, 2.24) is 0 Å². The quantitative estimate of drug-likeness (QED) is 0.773. The maximum Gasteiger partial charge on any atom is 0.304 e. The molecular formula is C18H24O3. The Morgan fingerprint density at radius 3 is 2.33 bits per heavy atom. The minimum absolute atomic E-state index is 0.0193. The van der Waals surface area contributed by atoms with Gasteiger partial charge in [0, 0.05) is 0 Å². The summed E-state index contributed by atoms with van der Waals surface area (Å²) in [6, 6.07) is 7.56. The maximum atomic E-state index is 10.9. The van der Waals surface area contributed by atoms with Crippen molar-refractivity contribution in [1.29, 1.82) is 0 Å². The fourth-order valence-corrected chi connectivity index (χ4v) is 1.82. The number of benzene rings is 1. The van der Waals surface area contributed by atoms with E-state index in [4.69, 9.17) is 9.84 Å². The molecule has 1 rings (SSSR count). The zero-order chi connectivity index (χ0) is 15.8. The summed E-state index contributed by atoms with van der Waals surface area (Å²) in [6.07, 6.45) is 0.0193. The van der Waals surface area contributed by atoms with Crippen LogP contribution in [0, 0.1) is 23.7 Å². The van der Waals surface area contributed by atoms with Crippen LogP contribution in [0.4, 0.5) is 0 Å². The van der Waals surface area contributed by atoms with Crippen LogP contribution >= 0.6 is 0 Å². The van der Waals surface area contributed by atoms with E-state index in [1.165, 1.54) is 0 Å². The predicted molar refractivity (Wildman–Crippen MR) is 84.4 cm³/mol. The van der Waals surface area contributed by atoms with Gasteiger partial charge >= 0.3 is 5.97 Å². The molecule has 0 saturated heterocycles. The van der Waals surface area contributed by atoms with Gasteiger partial charge in [-0.2, -0.15) is 0 Å². The lowest BCUT2D eigenvalue weighted by atomic mass is 9.96. The third kappa shape index (κ3) is 5.91. The summed E-state index contributed by atoms with van der Waals surface area (Å²) in [7, 11) is 0. The Kier molecular flexibility index (Phi) is 6.81. The summed E-state index contributed by atoms with van der Waals surface area (Å²) in [5.41, 5.74) is 0.913. The number of carboxylic acid groups (broad SMARTS) is 1. The van der Waals surface area contributed by atoms with Gasteiger partial charge in [-0.15, -0.1) is 5.92 Å². The molecule has 3 nitrogen and oxygen atoms in total. The van der Waals surface area contributed by atoms with Crippen LogP contribution in [0.2, 0.25) is 0 Å². The summed E-state index contributed by atoms with van der Waals surface area (Å²) in [4.78, 5) is 10.9. The number of carbonyl (C=O) groups is 1. The van der Waals surface area contributed by atoms with Gasteiger partial charge in [0.05, 0.1) is 18.9 Å². The van der Waals surface area contributed by atoms with E-state index in [-0.39, 0.29) is 12.3 Å². The molecule has 0 spiro atoms. The Labute approximate surface area is 127 Å². The minimum Gasteiger partial charge on any atom is -0.493 e. The van der Waals surface area contributed by atoms with Gasteiger partial charge in [-0.05, 0) is 36.5 Å². The summed E-state index contributed by atoms with van der Waals surface area (Å²) in [6.45, 7) is 8.93. The Bertz CT molecular complexity index is 506. The molecule has 2 atom stereocenters. The van der Waals surface area contributed by atoms with E-state index in [1.807, 2.05) is 24.3 Å². The van der Waals surface area contributed by atoms with Crippen molar-refractivity contribution in [2.75, 3.05) is 6.61 Å². The van der Waals surface area contributed by atoms with Crippen molar-refractivity contribution in [3.8, 4) is 17.6 Å². The molecule has 1 unspecified atom stereocenters. The van der Waals surface area contributed by atoms with Crippen LogP contribution in [0.15, 0.2) is 24.3 Å². The standard InChI is InChI=1S/C18H24O3/c1-5-6-16(11-18(19)20)15-7-9-17(10-8-15)21-12-14(4)13(2)3/h7-10,13-14,16H,11-12H2,1-4H3,(H,19,20)/t14-,16?/m1/s1. The van der Waals surface area contributed by atoms with E-state index in [9.17, 15) is 4.79 Å². The molecule has 1 aromatic rings. The molecule has 1 aromatic carbocycles. The Morgan fingerprint density at radius 2 is 1.86 bits per heavy atom. The third-order valence-electron chi connectivity index (χ3n) is 3.63. The smallest absolute Gasteiger partial charge is 0.304 e. The van der Waals surface area contributed by atoms with Crippen molar-refractivity contribution in [2.45, 2.75) is 40.0 Å². The second kappa shape index (κ2) is 8.36. The molecule has 0 aromatic heterocycles. The predicted octanol–water partition coefficient (Wildman–Crippen LogP) is 3.94. The van der Waals surface area contributed by atoms with E-state index in [0.717, 1.165) is 11.3 Å². The van der Waals surface area contributed by atoms with Crippen molar-refractivity contribution in [3.05, 3.63) is 29.8 Å². The van der Waals surface area contributed by atoms with Crippen LogP contribution < -0.4 is 4.74 Å². The molecule has 0 bridgehead atoms. The zero-order valence-electron chi connectivity index (χ0n) is 13.2. The number of hydrogen-bond acceptors (Lipinski definition) is 2. The number of carboxylic acids is 1. The first kappa shape index (κ1) is 17.1. The van der Waals surface area contributed by atoms with Crippen LogP contribution in [0.3, 0.4) is 0 Å². The van der Waals surface area contributed by atoms with Gasteiger partial charge in [-0.25, -0.2) is 0 Å². The topological polar surface area (TPSA) is 46.5 Å². The monoisotopic (exact) mass is 288 g/mol. The average Bonchev–Trinajstić information content (AvgIpc) is 2.44. The van der Waals surface area contributed by atoms with E-state index in [0.29, 0.717) is 18.4 Å². The number of aliphatic carboxylic acids is 1. The van der Waals surface area contributed by atoms with Crippen LogP contribution in [-0.2, 0) is 4.79 Å². The molecule has 1 N–H and O–H groups in total. The first-order valence-electron chi connectivity index (χ1n) is 7.30. The van der Waals surface area contributed by atoms with E-state index in [2.05, 4.69) is 32.6 Å². The summed E-state index contributed by atoms with van der Waals surface area (Å²) >= 11 is 0. The van der Waals surface area contributed by atoms with Crippen LogP contribution in [0.1, 0.15) is 45.6 Å². The lowest BCUT2D eigenvalue weighted by Crippen LogP contribution is -2.14. The van der Waals surface area contributed by atoms with Gasteiger partial charge in [-0.3, -0.25) is 4.79 Å². The van der Waals surface area contributed by atoms with Gasteiger partial charge in [0.1, 0.15) is 5.75 Å². The van der Waals surface area contributed by atoms with Crippen LogP contribution in [0.25, 0.3) is 0 Å². The fraction of sp³-hybridized carbons (Fsp3) is 0.500. The molecule has 0 heterocycles. The lowest BCUT2D eigenvalue weighted by molar-refractivity contribution is -0.137. The van der Waals surface area contributed by atoms with E-state index in [1.54, 1.807) is 6.92 Å². The molecular weight excluding hydrogens is 264 g/mol. The Hall–Kier alpha value is -1.95. The van der Waals surface area contributed by atoms with Crippen LogP contribution in [-0.4, -0.2) is 17.7 Å². The van der Waals surface area contributed by atoms with Gasteiger partial charge in [-0.1, -0.05) is 38.8 Å². The summed E-state index contributed by atoms with van der Waals surface area (Å²) < 4.78 is 5.75. The molecule has 0 amide bonds. The Balaban J connectivity index is 2.71. The van der Waals surface area contributed by atoms with Crippen molar-refractivity contribution in [2.24, 2.45) is 11.8 Å². The highest BCUT2D eigenvalue weighted by molar-refractivity contribution is 5.69. The number of hydrogen-bond donors (Lipinski definition) is 1. The maximum absolute atomic E-state index is 10.9. The molecule has 0 aliphatic rings. The highest BCUT2D eigenvalue weighted by Gasteiger charge is 2.13. The van der Waals surface area contributed by atoms with Crippen molar-refractivity contribution in [3.63, 3.8) is 0 Å². The average molecular weight is 288 g/mol. The van der Waals surface area contributed by atoms with Gasteiger partial charge < -0.3 is 9.84 Å². The molecule has 21 heavy (non-hydrogen) atoms. The largest absolute Gasteiger partial charge is 0.493 e. The highest BCUT2D eigenvalue weighted by Crippen LogP contribution is 2.23.